The molecular formula is C19H30FNO. The van der Waals surface area contributed by atoms with Crippen LogP contribution in [0.5, 0.6) is 0 Å². The van der Waals surface area contributed by atoms with E-state index in [0.29, 0.717) is 0 Å². The molecule has 2 fully saturated rings. The minimum Gasteiger partial charge on any atom is -0.374 e. The Morgan fingerprint density at radius 3 is 2.27 bits per heavy atom. The molecule has 3 heteroatoms. The molecule has 0 saturated heterocycles. The Bertz CT molecular complexity index is 410. The third-order valence-corrected chi connectivity index (χ3v) is 6.03. The molecule has 2 nitrogen and oxygen atoms in total. The van der Waals surface area contributed by atoms with Crippen molar-refractivity contribution in [2.75, 3.05) is 7.11 Å². The average Bonchev–Trinajstić information content (AvgIpc) is 2.56. The number of hydrogen-bond acceptors (Lipinski definition) is 2. The van der Waals surface area contributed by atoms with E-state index in [1.54, 1.807) is 13.2 Å². The number of rotatable bonds is 5. The van der Waals surface area contributed by atoms with Crippen LogP contribution in [0.2, 0.25) is 0 Å². The second kappa shape index (κ2) is 8.11. The van der Waals surface area contributed by atoms with E-state index in [0.717, 1.165) is 43.4 Å². The number of nitriles is 1. The SMILES string of the molecule is CCC[C@H]1CC[C@H]([C@H]2CC[C@@](C=C(F)C#N)(OC)CC2)CC1. The fourth-order valence-corrected chi connectivity index (χ4v) is 4.63. The van der Waals surface area contributed by atoms with Gasteiger partial charge in [0.25, 0.3) is 0 Å². The molecule has 2 aliphatic carbocycles. The van der Waals surface area contributed by atoms with Crippen LogP contribution in [0.4, 0.5) is 4.39 Å². The predicted octanol–water partition coefficient (Wildman–Crippen LogP) is 5.55. The third kappa shape index (κ3) is 4.32. The van der Waals surface area contributed by atoms with E-state index < -0.39 is 11.4 Å². The number of halogens is 1. The second-order valence-corrected chi connectivity index (χ2v) is 7.28. The second-order valence-electron chi connectivity index (χ2n) is 7.28. The van der Waals surface area contributed by atoms with Crippen LogP contribution in [0.1, 0.15) is 71.1 Å². The van der Waals surface area contributed by atoms with Crippen LogP contribution in [0.25, 0.3) is 0 Å². The largest absolute Gasteiger partial charge is 0.374 e. The molecule has 0 spiro atoms. The van der Waals surface area contributed by atoms with Crippen molar-refractivity contribution in [3.8, 4) is 6.07 Å². The van der Waals surface area contributed by atoms with Crippen molar-refractivity contribution in [3.63, 3.8) is 0 Å². The van der Waals surface area contributed by atoms with Crippen molar-refractivity contribution in [1.82, 2.24) is 0 Å². The first kappa shape index (κ1) is 17.5. The van der Waals surface area contributed by atoms with Crippen LogP contribution in [-0.2, 0) is 4.74 Å². The summed E-state index contributed by atoms with van der Waals surface area (Å²) in [6.07, 6.45) is 13.5. The highest BCUT2D eigenvalue weighted by Crippen LogP contribution is 2.44. The maximum Gasteiger partial charge on any atom is 0.198 e. The molecule has 2 aliphatic rings. The minimum absolute atomic E-state index is 0.546. The lowest BCUT2D eigenvalue weighted by atomic mass is 9.67. The van der Waals surface area contributed by atoms with Crippen LogP contribution in [0, 0.1) is 29.1 Å². The van der Waals surface area contributed by atoms with Crippen molar-refractivity contribution in [2.45, 2.75) is 76.7 Å². The highest BCUT2D eigenvalue weighted by molar-refractivity contribution is 5.19. The highest BCUT2D eigenvalue weighted by Gasteiger charge is 2.37. The Hall–Kier alpha value is -0.880. The van der Waals surface area contributed by atoms with Gasteiger partial charge in [-0.3, -0.25) is 0 Å². The van der Waals surface area contributed by atoms with Crippen molar-refractivity contribution < 1.29 is 9.13 Å². The molecule has 0 bridgehead atoms. The van der Waals surface area contributed by atoms with E-state index in [1.165, 1.54) is 44.6 Å². The molecule has 0 heterocycles. The van der Waals surface area contributed by atoms with Crippen molar-refractivity contribution in [1.29, 1.82) is 5.26 Å². The molecule has 2 rings (SSSR count). The molecule has 0 aromatic heterocycles. The van der Waals surface area contributed by atoms with Crippen LogP contribution in [0.15, 0.2) is 11.9 Å². The summed E-state index contributed by atoms with van der Waals surface area (Å²) in [4.78, 5) is 0. The van der Waals surface area contributed by atoms with Crippen molar-refractivity contribution >= 4 is 0 Å². The van der Waals surface area contributed by atoms with Gasteiger partial charge in [0.1, 0.15) is 6.07 Å². The summed E-state index contributed by atoms with van der Waals surface area (Å²) in [6.45, 7) is 2.28. The van der Waals surface area contributed by atoms with Crippen LogP contribution >= 0.6 is 0 Å². The summed E-state index contributed by atoms with van der Waals surface area (Å²) in [7, 11) is 1.64. The van der Waals surface area contributed by atoms with Gasteiger partial charge in [0.2, 0.25) is 0 Å². The first-order valence-corrected chi connectivity index (χ1v) is 8.96. The van der Waals surface area contributed by atoms with Crippen LogP contribution in [0.3, 0.4) is 0 Å². The summed E-state index contributed by atoms with van der Waals surface area (Å²) < 4.78 is 18.9. The quantitative estimate of drug-likeness (QED) is 0.624. The summed E-state index contributed by atoms with van der Waals surface area (Å²) in [5, 5.41) is 8.65. The van der Waals surface area contributed by atoms with Crippen LogP contribution < -0.4 is 0 Å². The molecule has 0 aromatic rings. The number of methoxy groups -OCH3 is 1. The van der Waals surface area contributed by atoms with E-state index in [2.05, 4.69) is 6.92 Å². The molecule has 0 aromatic carbocycles. The molecule has 0 radical (unpaired) electrons. The number of allylic oxidation sites excluding steroid dienone is 1. The fourth-order valence-electron chi connectivity index (χ4n) is 4.63. The molecule has 22 heavy (non-hydrogen) atoms. The smallest absolute Gasteiger partial charge is 0.198 e. The van der Waals surface area contributed by atoms with Gasteiger partial charge in [0, 0.05) is 7.11 Å². The Morgan fingerprint density at radius 1 is 1.18 bits per heavy atom. The van der Waals surface area contributed by atoms with E-state index in [9.17, 15) is 4.39 Å². The van der Waals surface area contributed by atoms with E-state index in [4.69, 9.17) is 10.00 Å². The molecule has 0 N–H and O–H groups in total. The van der Waals surface area contributed by atoms with E-state index in [-0.39, 0.29) is 0 Å². The lowest BCUT2D eigenvalue weighted by Crippen LogP contribution is -2.37. The molecule has 0 unspecified atom stereocenters. The van der Waals surface area contributed by atoms with Crippen molar-refractivity contribution in [3.05, 3.63) is 11.9 Å². The molecular weight excluding hydrogens is 277 g/mol. The van der Waals surface area contributed by atoms with Gasteiger partial charge in [-0.25, -0.2) is 0 Å². The Morgan fingerprint density at radius 2 is 1.77 bits per heavy atom. The summed E-state index contributed by atoms with van der Waals surface area (Å²) in [5.74, 6) is 1.87. The van der Waals surface area contributed by atoms with Crippen molar-refractivity contribution in [2.24, 2.45) is 17.8 Å². The predicted molar refractivity (Wildman–Crippen MR) is 86.9 cm³/mol. The maximum absolute atomic E-state index is 13.3. The van der Waals surface area contributed by atoms with Gasteiger partial charge in [0.15, 0.2) is 5.83 Å². The maximum atomic E-state index is 13.3. The summed E-state index contributed by atoms with van der Waals surface area (Å²) in [5.41, 5.74) is -0.546. The first-order chi connectivity index (χ1) is 10.6. The Kier molecular flexibility index (Phi) is 6.44. The monoisotopic (exact) mass is 307 g/mol. The van der Waals surface area contributed by atoms with Crippen LogP contribution in [-0.4, -0.2) is 12.7 Å². The van der Waals surface area contributed by atoms with E-state index >= 15 is 0 Å². The van der Waals surface area contributed by atoms with Gasteiger partial charge in [-0.05, 0) is 62.4 Å². The van der Waals surface area contributed by atoms with Gasteiger partial charge in [-0.1, -0.05) is 32.6 Å². The number of nitrogens with zero attached hydrogens (tertiary/aromatic N) is 1. The Labute approximate surface area is 134 Å². The molecule has 0 aliphatic heterocycles. The third-order valence-electron chi connectivity index (χ3n) is 6.03. The Balaban J connectivity index is 1.86. The topological polar surface area (TPSA) is 33.0 Å². The molecule has 0 amide bonds. The molecule has 0 atom stereocenters. The zero-order chi connectivity index (χ0) is 16.0. The number of ether oxygens (including phenoxy) is 1. The molecule has 124 valence electrons. The summed E-state index contributed by atoms with van der Waals surface area (Å²) in [6, 6.07) is 1.58. The van der Waals surface area contributed by atoms with E-state index in [1.807, 2.05) is 0 Å². The standard InChI is InChI=1S/C19H30FNO/c1-3-4-15-5-7-16(8-6-15)17-9-11-19(22-2,12-10-17)13-18(20)14-21/h13,15-17H,3-12H2,1-2H3/t15-,16-,17-,19+. The first-order valence-electron chi connectivity index (χ1n) is 8.96. The van der Waals surface area contributed by atoms with Gasteiger partial charge < -0.3 is 4.74 Å². The minimum atomic E-state index is -0.708. The normalized spacial score (nSPS) is 36.8. The lowest BCUT2D eigenvalue weighted by Gasteiger charge is -2.41. The summed E-state index contributed by atoms with van der Waals surface area (Å²) >= 11 is 0. The highest BCUT2D eigenvalue weighted by atomic mass is 19.1. The van der Waals surface area contributed by atoms with Gasteiger partial charge >= 0.3 is 0 Å². The zero-order valence-electron chi connectivity index (χ0n) is 14.1. The van der Waals surface area contributed by atoms with Gasteiger partial charge in [-0.15, -0.1) is 0 Å². The zero-order valence-corrected chi connectivity index (χ0v) is 14.1. The fraction of sp³-hybridized carbons (Fsp3) is 0.842. The van der Waals surface area contributed by atoms with Gasteiger partial charge in [-0.2, -0.15) is 9.65 Å². The average molecular weight is 307 g/mol. The lowest BCUT2D eigenvalue weighted by molar-refractivity contribution is -0.0211. The van der Waals surface area contributed by atoms with Gasteiger partial charge in [0.05, 0.1) is 5.60 Å². The molecule has 2 saturated carbocycles. The number of hydrogen-bond donors (Lipinski definition) is 0.